The van der Waals surface area contributed by atoms with Crippen LogP contribution in [0.2, 0.25) is 0 Å². The Kier molecular flexibility index (Phi) is 15.0. The summed E-state index contributed by atoms with van der Waals surface area (Å²) in [5.41, 5.74) is -0.637. The van der Waals surface area contributed by atoms with Crippen molar-refractivity contribution in [2.24, 2.45) is 29.6 Å². The fourth-order valence-corrected chi connectivity index (χ4v) is 8.30. The highest BCUT2D eigenvalue weighted by atomic mass is 35.5. The Balaban J connectivity index is 1.58. The normalized spacial score (nSPS) is 32.2. The monoisotopic (exact) mass is 586 g/mol. The molecule has 0 aromatic heterocycles. The lowest BCUT2D eigenvalue weighted by molar-refractivity contribution is -0.0777. The number of nitrogens with one attached hydrogen (secondary N) is 1. The van der Waals surface area contributed by atoms with E-state index >= 15 is 0 Å². The van der Waals surface area contributed by atoms with E-state index in [1.807, 2.05) is 0 Å². The van der Waals surface area contributed by atoms with Crippen molar-refractivity contribution >= 4 is 11.6 Å². The molecule has 2 heterocycles. The molecule has 1 aliphatic carbocycles. The molecule has 236 valence electrons. The van der Waals surface area contributed by atoms with E-state index in [9.17, 15) is 5.11 Å². The summed E-state index contributed by atoms with van der Waals surface area (Å²) in [7, 11) is 3.99. The molecular weight excluding hydrogens is 524 g/mol. The second kappa shape index (κ2) is 17.4. The molecule has 3 aliphatic rings. The van der Waals surface area contributed by atoms with Gasteiger partial charge < -0.3 is 29.5 Å². The molecule has 2 saturated heterocycles. The summed E-state index contributed by atoms with van der Waals surface area (Å²) in [5.74, 6) is 2.50. The van der Waals surface area contributed by atoms with Crippen LogP contribution in [0.15, 0.2) is 0 Å². The molecule has 2 aliphatic heterocycles. The third-order valence-corrected chi connectivity index (χ3v) is 11.0. The Labute approximate surface area is 251 Å². The van der Waals surface area contributed by atoms with Crippen LogP contribution in [0.5, 0.6) is 0 Å². The first-order chi connectivity index (χ1) is 19.2. The van der Waals surface area contributed by atoms with Gasteiger partial charge in [0.1, 0.15) is 0 Å². The average molecular weight is 587 g/mol. The number of nitrogens with zero attached hydrogens (tertiary/aromatic N) is 1. The molecule has 3 fully saturated rings. The van der Waals surface area contributed by atoms with Crippen molar-refractivity contribution < 1.29 is 19.3 Å². The third kappa shape index (κ3) is 9.79. The standard InChI is InChI=1S/C33H63ClN2O4/c1-7-26(13-12-25(4)34)33(37,24(2)3)16-19-36(5)18-9-11-28-29-10-8-17-35-31(29)23-40-32-15-14-27(22-30(28)32)39-21-20-38-6/h24-32,35,37H,7-23H2,1-6H3/t25?,26?,27?,28?,29?,30?,31-,32?,33?/m1/s1. The van der Waals surface area contributed by atoms with Crippen molar-refractivity contribution in [2.75, 3.05) is 53.6 Å². The molecule has 9 atom stereocenters. The molecule has 0 aromatic carbocycles. The minimum Gasteiger partial charge on any atom is -0.389 e. The van der Waals surface area contributed by atoms with Gasteiger partial charge in [-0.05, 0) is 121 Å². The number of hydrogen-bond acceptors (Lipinski definition) is 6. The van der Waals surface area contributed by atoms with Crippen LogP contribution in [-0.2, 0) is 14.2 Å². The smallest absolute Gasteiger partial charge is 0.0710 e. The third-order valence-electron chi connectivity index (χ3n) is 10.7. The Hall–Kier alpha value is 0.0500. The van der Waals surface area contributed by atoms with Gasteiger partial charge in [-0.3, -0.25) is 0 Å². The van der Waals surface area contributed by atoms with Crippen molar-refractivity contribution in [3.8, 4) is 0 Å². The second-order valence-corrected chi connectivity index (χ2v) is 14.4. The summed E-state index contributed by atoms with van der Waals surface area (Å²) in [6, 6.07) is 0.498. The first-order valence-corrected chi connectivity index (χ1v) is 17.1. The van der Waals surface area contributed by atoms with Crippen LogP contribution in [0.4, 0.5) is 0 Å². The maximum Gasteiger partial charge on any atom is 0.0710 e. The topological polar surface area (TPSA) is 63.2 Å². The van der Waals surface area contributed by atoms with Gasteiger partial charge in [-0.1, -0.05) is 27.2 Å². The van der Waals surface area contributed by atoms with E-state index in [0.29, 0.717) is 55.1 Å². The summed E-state index contributed by atoms with van der Waals surface area (Å²) < 4.78 is 18.1. The van der Waals surface area contributed by atoms with Gasteiger partial charge in [-0.15, -0.1) is 11.6 Å². The number of hydrogen-bond donors (Lipinski definition) is 2. The van der Waals surface area contributed by atoms with Crippen molar-refractivity contribution in [2.45, 2.75) is 128 Å². The van der Waals surface area contributed by atoms with E-state index in [0.717, 1.165) is 71.2 Å². The first-order valence-electron chi connectivity index (χ1n) is 16.7. The number of alkyl halides is 1. The zero-order valence-corrected chi connectivity index (χ0v) is 27.5. The molecule has 7 heteroatoms. The van der Waals surface area contributed by atoms with Crippen LogP contribution in [0.25, 0.3) is 0 Å². The highest BCUT2D eigenvalue weighted by Crippen LogP contribution is 2.45. The van der Waals surface area contributed by atoms with Crippen molar-refractivity contribution in [3.63, 3.8) is 0 Å². The molecule has 0 radical (unpaired) electrons. The molecule has 2 N–H and O–H groups in total. The number of methoxy groups -OCH3 is 1. The highest BCUT2D eigenvalue weighted by Gasteiger charge is 2.45. The lowest BCUT2D eigenvalue weighted by atomic mass is 9.67. The summed E-state index contributed by atoms with van der Waals surface area (Å²) >= 11 is 6.28. The van der Waals surface area contributed by atoms with Crippen LogP contribution in [0, 0.1) is 29.6 Å². The summed E-state index contributed by atoms with van der Waals surface area (Å²) in [6.45, 7) is 14.0. The van der Waals surface area contributed by atoms with E-state index in [2.05, 4.69) is 45.0 Å². The maximum absolute atomic E-state index is 11.8. The minimum absolute atomic E-state index is 0.164. The van der Waals surface area contributed by atoms with E-state index in [1.165, 1.54) is 25.7 Å². The SMILES string of the molecule is CCC(CCC(C)Cl)C(O)(CCN(C)CCCC1C2CC(OCCOC)CCC2OC[C@H]2NCCCC12)C(C)C. The lowest BCUT2D eigenvalue weighted by Gasteiger charge is -2.43. The Morgan fingerprint density at radius 3 is 2.60 bits per heavy atom. The number of aliphatic hydroxyl groups is 1. The number of rotatable bonds is 17. The van der Waals surface area contributed by atoms with Gasteiger partial charge in [0.15, 0.2) is 0 Å². The largest absolute Gasteiger partial charge is 0.389 e. The van der Waals surface area contributed by atoms with Gasteiger partial charge >= 0.3 is 0 Å². The molecule has 6 nitrogen and oxygen atoms in total. The van der Waals surface area contributed by atoms with Gasteiger partial charge in [-0.2, -0.15) is 0 Å². The van der Waals surface area contributed by atoms with Crippen LogP contribution < -0.4 is 5.32 Å². The fraction of sp³-hybridized carbons (Fsp3) is 1.00. The number of ether oxygens (including phenoxy) is 3. The lowest BCUT2D eigenvalue weighted by Crippen LogP contribution is -2.47. The molecule has 0 spiro atoms. The van der Waals surface area contributed by atoms with Crippen molar-refractivity contribution in [3.05, 3.63) is 0 Å². The maximum atomic E-state index is 11.8. The van der Waals surface area contributed by atoms with Crippen LogP contribution in [-0.4, -0.2) is 92.8 Å². The number of piperidine rings is 1. The highest BCUT2D eigenvalue weighted by molar-refractivity contribution is 6.20. The van der Waals surface area contributed by atoms with Crippen LogP contribution >= 0.6 is 11.6 Å². The quantitative estimate of drug-likeness (QED) is 0.158. The second-order valence-electron chi connectivity index (χ2n) is 13.7. The molecule has 0 bridgehead atoms. The van der Waals surface area contributed by atoms with E-state index in [4.69, 9.17) is 25.8 Å². The summed E-state index contributed by atoms with van der Waals surface area (Å²) in [6.07, 6.45) is 12.9. The first kappa shape index (κ1) is 34.5. The Morgan fingerprint density at radius 1 is 1.10 bits per heavy atom. The van der Waals surface area contributed by atoms with Crippen molar-refractivity contribution in [1.82, 2.24) is 10.2 Å². The van der Waals surface area contributed by atoms with Gasteiger partial charge in [0, 0.05) is 25.1 Å². The minimum atomic E-state index is -0.637. The van der Waals surface area contributed by atoms with Gasteiger partial charge in [0.05, 0.1) is 37.6 Å². The molecule has 3 rings (SSSR count). The summed E-state index contributed by atoms with van der Waals surface area (Å²) in [4.78, 5) is 2.46. The van der Waals surface area contributed by atoms with Gasteiger partial charge in [0.2, 0.25) is 0 Å². The molecule has 0 amide bonds. The van der Waals surface area contributed by atoms with E-state index < -0.39 is 5.60 Å². The van der Waals surface area contributed by atoms with E-state index in [1.54, 1.807) is 7.11 Å². The Morgan fingerprint density at radius 2 is 1.90 bits per heavy atom. The predicted octanol–water partition coefficient (Wildman–Crippen LogP) is 6.12. The van der Waals surface area contributed by atoms with Crippen LogP contribution in [0.3, 0.4) is 0 Å². The van der Waals surface area contributed by atoms with E-state index in [-0.39, 0.29) is 11.3 Å². The zero-order valence-electron chi connectivity index (χ0n) is 26.7. The summed E-state index contributed by atoms with van der Waals surface area (Å²) in [5, 5.41) is 15.8. The Bertz CT molecular complexity index is 697. The molecule has 1 saturated carbocycles. The number of halogens is 1. The average Bonchev–Trinajstić information content (AvgIpc) is 3.09. The zero-order chi connectivity index (χ0) is 29.1. The van der Waals surface area contributed by atoms with Crippen LogP contribution in [0.1, 0.15) is 98.3 Å². The van der Waals surface area contributed by atoms with Crippen molar-refractivity contribution in [1.29, 1.82) is 0 Å². The predicted molar refractivity (Wildman–Crippen MR) is 166 cm³/mol. The molecule has 40 heavy (non-hydrogen) atoms. The fourth-order valence-electron chi connectivity index (χ4n) is 8.17. The number of fused-ring (bicyclic) bond motifs is 2. The molecular formula is C33H63ClN2O4. The van der Waals surface area contributed by atoms with Gasteiger partial charge in [0.25, 0.3) is 0 Å². The van der Waals surface area contributed by atoms with Gasteiger partial charge in [-0.25, -0.2) is 0 Å². The molecule has 8 unspecified atom stereocenters. The molecule has 0 aromatic rings.